The van der Waals surface area contributed by atoms with E-state index in [1.54, 1.807) is 12.1 Å². The van der Waals surface area contributed by atoms with E-state index < -0.39 is 11.5 Å². The van der Waals surface area contributed by atoms with E-state index in [1.807, 2.05) is 48.5 Å². The van der Waals surface area contributed by atoms with E-state index in [1.165, 1.54) is 0 Å². The van der Waals surface area contributed by atoms with Crippen molar-refractivity contribution in [3.63, 3.8) is 0 Å². The smallest absolute Gasteiger partial charge is 0.261 e. The third-order valence-corrected chi connectivity index (χ3v) is 4.09. The van der Waals surface area contributed by atoms with E-state index >= 15 is 0 Å². The van der Waals surface area contributed by atoms with Crippen molar-refractivity contribution in [3.05, 3.63) is 71.9 Å². The molecule has 1 aliphatic heterocycles. The molecule has 2 heterocycles. The van der Waals surface area contributed by atoms with Gasteiger partial charge in [-0.25, -0.2) is 0 Å². The molecule has 1 amide bonds. The fraction of sp³-hybridized carbons (Fsp3) is 0.111. The van der Waals surface area contributed by atoms with Crippen molar-refractivity contribution in [2.75, 3.05) is 5.32 Å². The predicted octanol–water partition coefficient (Wildman–Crippen LogP) is 2.62. The third kappa shape index (κ3) is 1.89. The van der Waals surface area contributed by atoms with Crippen molar-refractivity contribution >= 4 is 22.5 Å². The number of hydrogen-bond donors (Lipinski definition) is 2. The van der Waals surface area contributed by atoms with Crippen LogP contribution in [0.1, 0.15) is 11.3 Å². The van der Waals surface area contributed by atoms with Crippen LogP contribution in [0.25, 0.3) is 10.9 Å². The summed E-state index contributed by atoms with van der Waals surface area (Å²) in [6, 6.07) is 18.8. The lowest BCUT2D eigenvalue weighted by Crippen LogP contribution is -2.36. The molecule has 1 aromatic heterocycles. The summed E-state index contributed by atoms with van der Waals surface area (Å²) in [6.07, 6.45) is 0.153. The first-order chi connectivity index (χ1) is 10.7. The van der Waals surface area contributed by atoms with Gasteiger partial charge < -0.3 is 10.4 Å². The predicted molar refractivity (Wildman–Crippen MR) is 84.4 cm³/mol. The molecule has 0 radical (unpaired) electrons. The Hall–Kier alpha value is -2.72. The molecule has 108 valence electrons. The van der Waals surface area contributed by atoms with Crippen LogP contribution >= 0.6 is 0 Å². The van der Waals surface area contributed by atoms with Gasteiger partial charge in [-0.1, -0.05) is 42.5 Å². The van der Waals surface area contributed by atoms with Gasteiger partial charge in [-0.15, -0.1) is 0 Å². The fourth-order valence-electron chi connectivity index (χ4n) is 2.95. The summed E-state index contributed by atoms with van der Waals surface area (Å²) in [6.45, 7) is 0. The number of amides is 1. The van der Waals surface area contributed by atoms with Gasteiger partial charge in [-0.2, -0.15) is 0 Å². The largest absolute Gasteiger partial charge is 0.375 e. The molecule has 3 aromatic rings. The van der Waals surface area contributed by atoms with Crippen LogP contribution in [0.4, 0.5) is 5.69 Å². The number of aliphatic hydroxyl groups is 1. The second kappa shape index (κ2) is 4.64. The van der Waals surface area contributed by atoms with E-state index in [-0.39, 0.29) is 6.42 Å². The number of anilines is 1. The number of rotatable bonds is 2. The SMILES string of the molecule is O=C1Nc2ccccc2[C@@]1(O)Cc1ccc2ccccc2n1. The van der Waals surface area contributed by atoms with Crippen LogP contribution in [0.2, 0.25) is 0 Å². The summed E-state index contributed by atoms with van der Waals surface area (Å²) in [5.74, 6) is -0.399. The van der Waals surface area contributed by atoms with Crippen molar-refractivity contribution in [2.24, 2.45) is 0 Å². The zero-order valence-electron chi connectivity index (χ0n) is 11.8. The Labute approximate surface area is 127 Å². The number of carbonyl (C=O) groups excluding carboxylic acids is 1. The lowest BCUT2D eigenvalue weighted by molar-refractivity contribution is -0.133. The molecule has 2 N–H and O–H groups in total. The Morgan fingerprint density at radius 2 is 1.77 bits per heavy atom. The highest BCUT2D eigenvalue weighted by atomic mass is 16.3. The number of nitrogens with one attached hydrogen (secondary N) is 1. The zero-order chi connectivity index (χ0) is 15.2. The number of carbonyl (C=O) groups is 1. The first-order valence-corrected chi connectivity index (χ1v) is 7.15. The number of aromatic nitrogens is 1. The van der Waals surface area contributed by atoms with Crippen molar-refractivity contribution in [1.82, 2.24) is 4.98 Å². The molecule has 1 atom stereocenters. The van der Waals surface area contributed by atoms with Crippen LogP contribution in [0.5, 0.6) is 0 Å². The quantitative estimate of drug-likeness (QED) is 0.762. The molecule has 0 bridgehead atoms. The van der Waals surface area contributed by atoms with Gasteiger partial charge in [0.25, 0.3) is 5.91 Å². The highest BCUT2D eigenvalue weighted by molar-refractivity contribution is 6.05. The van der Waals surface area contributed by atoms with Gasteiger partial charge in [0.2, 0.25) is 0 Å². The Morgan fingerprint density at radius 1 is 1.00 bits per heavy atom. The van der Waals surface area contributed by atoms with Crippen LogP contribution in [-0.2, 0) is 16.8 Å². The number of fused-ring (bicyclic) bond motifs is 2. The third-order valence-electron chi connectivity index (χ3n) is 4.09. The molecule has 22 heavy (non-hydrogen) atoms. The molecule has 0 aliphatic carbocycles. The molecule has 0 spiro atoms. The summed E-state index contributed by atoms with van der Waals surface area (Å²) in [5.41, 5.74) is 1.25. The maximum Gasteiger partial charge on any atom is 0.261 e. The minimum atomic E-state index is -1.56. The Morgan fingerprint density at radius 3 is 2.68 bits per heavy atom. The molecule has 4 rings (SSSR count). The van der Waals surface area contributed by atoms with E-state index in [4.69, 9.17) is 0 Å². The Balaban J connectivity index is 1.76. The average molecular weight is 290 g/mol. The maximum atomic E-state index is 12.2. The van der Waals surface area contributed by atoms with E-state index in [2.05, 4.69) is 10.3 Å². The van der Waals surface area contributed by atoms with Crippen molar-refractivity contribution < 1.29 is 9.90 Å². The van der Waals surface area contributed by atoms with Crippen molar-refractivity contribution in [1.29, 1.82) is 0 Å². The molecule has 0 saturated heterocycles. The monoisotopic (exact) mass is 290 g/mol. The topological polar surface area (TPSA) is 62.2 Å². The lowest BCUT2D eigenvalue weighted by atomic mass is 9.90. The van der Waals surface area contributed by atoms with Crippen molar-refractivity contribution in [2.45, 2.75) is 12.0 Å². The van der Waals surface area contributed by atoms with Crippen LogP contribution < -0.4 is 5.32 Å². The number of benzene rings is 2. The normalized spacial score (nSPS) is 20.0. The zero-order valence-corrected chi connectivity index (χ0v) is 11.8. The summed E-state index contributed by atoms with van der Waals surface area (Å²) in [5, 5.41) is 14.7. The molecule has 2 aromatic carbocycles. The van der Waals surface area contributed by atoms with Crippen LogP contribution in [0.3, 0.4) is 0 Å². The first kappa shape index (κ1) is 13.0. The number of para-hydroxylation sites is 2. The van der Waals surface area contributed by atoms with Gasteiger partial charge in [-0.3, -0.25) is 9.78 Å². The van der Waals surface area contributed by atoms with Crippen LogP contribution in [-0.4, -0.2) is 16.0 Å². The lowest BCUT2D eigenvalue weighted by Gasteiger charge is -2.20. The highest BCUT2D eigenvalue weighted by Gasteiger charge is 2.45. The van der Waals surface area contributed by atoms with Gasteiger partial charge >= 0.3 is 0 Å². The summed E-state index contributed by atoms with van der Waals surface area (Å²) >= 11 is 0. The van der Waals surface area contributed by atoms with E-state index in [0.717, 1.165) is 10.9 Å². The highest BCUT2D eigenvalue weighted by Crippen LogP contribution is 2.37. The van der Waals surface area contributed by atoms with Gasteiger partial charge in [0, 0.05) is 28.8 Å². The minimum absolute atomic E-state index is 0.153. The van der Waals surface area contributed by atoms with Crippen LogP contribution in [0, 0.1) is 0 Å². The molecule has 0 saturated carbocycles. The minimum Gasteiger partial charge on any atom is -0.375 e. The summed E-state index contributed by atoms with van der Waals surface area (Å²) in [4.78, 5) is 16.8. The van der Waals surface area contributed by atoms with Crippen molar-refractivity contribution in [3.8, 4) is 0 Å². The maximum absolute atomic E-state index is 12.2. The molecular weight excluding hydrogens is 276 g/mol. The van der Waals surface area contributed by atoms with E-state index in [9.17, 15) is 9.90 Å². The van der Waals surface area contributed by atoms with E-state index in [0.29, 0.717) is 16.9 Å². The number of hydrogen-bond acceptors (Lipinski definition) is 3. The van der Waals surface area contributed by atoms with Crippen LogP contribution in [0.15, 0.2) is 60.7 Å². The fourth-order valence-corrected chi connectivity index (χ4v) is 2.95. The molecule has 0 fully saturated rings. The second-order valence-electron chi connectivity index (χ2n) is 5.53. The number of nitrogens with zero attached hydrogens (tertiary/aromatic N) is 1. The van der Waals surface area contributed by atoms with Gasteiger partial charge in [0.15, 0.2) is 5.60 Å². The molecule has 4 heteroatoms. The van der Waals surface area contributed by atoms with Gasteiger partial charge in [0.05, 0.1) is 5.52 Å². The molecular formula is C18H14N2O2. The Bertz CT molecular complexity index is 891. The Kier molecular flexibility index (Phi) is 2.74. The molecule has 1 aliphatic rings. The standard InChI is InChI=1S/C18H14N2O2/c21-17-18(22,14-6-2-4-8-16(14)20-17)11-13-10-9-12-5-1-3-7-15(12)19-13/h1-10,22H,11H2,(H,20,21)/t18-/m0/s1. The average Bonchev–Trinajstić information content (AvgIpc) is 2.79. The summed E-state index contributed by atoms with van der Waals surface area (Å²) < 4.78 is 0. The van der Waals surface area contributed by atoms with Gasteiger partial charge in [0.1, 0.15) is 0 Å². The second-order valence-corrected chi connectivity index (χ2v) is 5.53. The van der Waals surface area contributed by atoms with Gasteiger partial charge in [-0.05, 0) is 18.2 Å². The first-order valence-electron chi connectivity index (χ1n) is 7.15. The molecule has 0 unspecified atom stereocenters. The number of pyridine rings is 1. The molecule has 4 nitrogen and oxygen atoms in total. The summed E-state index contributed by atoms with van der Waals surface area (Å²) in [7, 11) is 0.